The van der Waals surface area contributed by atoms with E-state index in [-0.39, 0.29) is 6.10 Å². The molecule has 0 aliphatic heterocycles. The maximum absolute atomic E-state index is 11.8. The van der Waals surface area contributed by atoms with Gasteiger partial charge in [-0.25, -0.2) is 4.98 Å². The number of rotatable bonds is 7. The lowest BCUT2D eigenvalue weighted by Crippen LogP contribution is -1.95. The molecule has 0 spiro atoms. The van der Waals surface area contributed by atoms with E-state index in [1.54, 1.807) is 12.4 Å². The van der Waals surface area contributed by atoms with E-state index in [4.69, 9.17) is 4.84 Å². The normalized spacial score (nSPS) is 11.2. The average Bonchev–Trinajstić information content (AvgIpc) is 2.72. The Labute approximate surface area is 113 Å². The quantitative estimate of drug-likeness (QED) is 0.327. The molecular weight excluding hydrogens is 278 g/mol. The van der Waals surface area contributed by atoms with Gasteiger partial charge in [0.2, 0.25) is 0 Å². The number of halogens is 2. The van der Waals surface area contributed by atoms with Crippen LogP contribution in [0.1, 0.15) is 25.1 Å². The number of thioether (sulfide) groups is 1. The molecule has 0 N–H and O–H groups in total. The van der Waals surface area contributed by atoms with E-state index in [1.165, 1.54) is 23.1 Å². The Bertz CT molecular complexity index is 415. The number of allylic oxidation sites excluding steroid dienone is 1. The Balaban J connectivity index is 2.34. The zero-order valence-corrected chi connectivity index (χ0v) is 11.7. The van der Waals surface area contributed by atoms with E-state index in [0.717, 1.165) is 15.3 Å². The fourth-order valence-corrected chi connectivity index (χ4v) is 2.73. The Hall–Kier alpha value is -0.950. The van der Waals surface area contributed by atoms with Crippen LogP contribution in [0, 0.1) is 0 Å². The summed E-state index contributed by atoms with van der Waals surface area (Å²) in [6, 6.07) is 0. The Morgan fingerprint density at radius 3 is 3.06 bits per heavy atom. The van der Waals surface area contributed by atoms with Gasteiger partial charge in [0.05, 0.1) is 11.1 Å². The van der Waals surface area contributed by atoms with Crippen molar-refractivity contribution in [3.05, 3.63) is 23.2 Å². The molecule has 1 aromatic heterocycles. The molecule has 0 atom stereocenters. The van der Waals surface area contributed by atoms with E-state index >= 15 is 0 Å². The minimum Gasteiger partial charge on any atom is -0.393 e. The number of thiazole rings is 1. The maximum atomic E-state index is 11.8. The largest absolute Gasteiger partial charge is 0.393 e. The summed E-state index contributed by atoms with van der Waals surface area (Å²) < 4.78 is 24.4. The number of oxime groups is 1. The molecule has 0 amide bonds. The molecular formula is C11H14F2N2OS2. The molecule has 0 aliphatic carbocycles. The highest BCUT2D eigenvalue weighted by Gasteiger charge is 2.01. The molecule has 100 valence electrons. The van der Waals surface area contributed by atoms with Crippen molar-refractivity contribution in [2.24, 2.45) is 5.16 Å². The fourth-order valence-electron chi connectivity index (χ4n) is 0.915. The first-order chi connectivity index (χ1) is 8.58. The summed E-state index contributed by atoms with van der Waals surface area (Å²) >= 11 is 2.91. The van der Waals surface area contributed by atoms with Crippen molar-refractivity contribution in [2.75, 3.05) is 5.75 Å². The van der Waals surface area contributed by atoms with Crippen molar-refractivity contribution in [2.45, 2.75) is 30.7 Å². The van der Waals surface area contributed by atoms with Gasteiger partial charge >= 0.3 is 0 Å². The number of hydrogen-bond donors (Lipinski definition) is 0. The molecule has 0 bridgehead atoms. The van der Waals surface area contributed by atoms with Crippen molar-refractivity contribution in [1.29, 1.82) is 0 Å². The third-order valence-electron chi connectivity index (χ3n) is 1.60. The highest BCUT2D eigenvalue weighted by Crippen LogP contribution is 2.24. The molecule has 1 aromatic rings. The summed E-state index contributed by atoms with van der Waals surface area (Å²) in [7, 11) is 0. The lowest BCUT2D eigenvalue weighted by Gasteiger charge is -1.98. The first-order valence-corrected chi connectivity index (χ1v) is 7.17. The van der Waals surface area contributed by atoms with Crippen LogP contribution < -0.4 is 0 Å². The van der Waals surface area contributed by atoms with Crippen LogP contribution in [0.4, 0.5) is 8.78 Å². The van der Waals surface area contributed by atoms with Crippen molar-refractivity contribution < 1.29 is 13.6 Å². The standard InChI is InChI=1S/C11H14F2N2OS2/c1-8(2)16-15-7-9-6-14-11(18-9)17-5-3-4-10(12)13/h4,6-8H,3,5H2,1-2H3. The van der Waals surface area contributed by atoms with Crippen molar-refractivity contribution in [1.82, 2.24) is 4.98 Å². The molecule has 18 heavy (non-hydrogen) atoms. The summed E-state index contributed by atoms with van der Waals surface area (Å²) in [5.74, 6) is 0.587. The predicted molar refractivity (Wildman–Crippen MR) is 71.6 cm³/mol. The van der Waals surface area contributed by atoms with Crippen molar-refractivity contribution >= 4 is 29.3 Å². The molecule has 0 saturated carbocycles. The van der Waals surface area contributed by atoms with E-state index in [9.17, 15) is 8.78 Å². The summed E-state index contributed by atoms with van der Waals surface area (Å²) in [5.41, 5.74) is 0. The highest BCUT2D eigenvalue weighted by molar-refractivity contribution is 8.01. The molecule has 0 fully saturated rings. The minimum absolute atomic E-state index is 0.0467. The van der Waals surface area contributed by atoms with Gasteiger partial charge in [-0.1, -0.05) is 16.9 Å². The van der Waals surface area contributed by atoms with Gasteiger partial charge in [0, 0.05) is 11.9 Å². The SMILES string of the molecule is CC(C)ON=Cc1cnc(SCCC=C(F)F)s1. The van der Waals surface area contributed by atoms with Crippen LogP contribution in [-0.2, 0) is 4.84 Å². The molecule has 0 aliphatic rings. The average molecular weight is 292 g/mol. The molecule has 0 unspecified atom stereocenters. The smallest absolute Gasteiger partial charge is 0.266 e. The van der Waals surface area contributed by atoms with Gasteiger partial charge in [0.25, 0.3) is 6.08 Å². The first kappa shape index (κ1) is 15.1. The maximum Gasteiger partial charge on any atom is 0.266 e. The number of hydrogen-bond acceptors (Lipinski definition) is 5. The Kier molecular flexibility index (Phi) is 6.89. The van der Waals surface area contributed by atoms with Crippen molar-refractivity contribution in [3.8, 4) is 0 Å². The zero-order chi connectivity index (χ0) is 13.4. The van der Waals surface area contributed by atoms with E-state index in [1.807, 2.05) is 13.8 Å². The molecule has 3 nitrogen and oxygen atoms in total. The molecule has 1 heterocycles. The van der Waals surface area contributed by atoms with E-state index in [0.29, 0.717) is 12.2 Å². The van der Waals surface area contributed by atoms with Crippen LogP contribution in [0.5, 0.6) is 0 Å². The van der Waals surface area contributed by atoms with Gasteiger partial charge in [-0.2, -0.15) is 8.78 Å². The van der Waals surface area contributed by atoms with Crippen LogP contribution in [0.2, 0.25) is 0 Å². The first-order valence-electron chi connectivity index (χ1n) is 5.37. The van der Waals surface area contributed by atoms with Crippen LogP contribution in [-0.4, -0.2) is 23.1 Å². The molecule has 0 saturated heterocycles. The number of nitrogens with zero attached hydrogens (tertiary/aromatic N) is 2. The molecule has 0 radical (unpaired) electrons. The fraction of sp³-hybridized carbons (Fsp3) is 0.455. The van der Waals surface area contributed by atoms with Gasteiger partial charge in [-0.15, -0.1) is 11.3 Å². The molecule has 0 aromatic carbocycles. The van der Waals surface area contributed by atoms with Crippen LogP contribution >= 0.6 is 23.1 Å². The van der Waals surface area contributed by atoms with Crippen LogP contribution in [0.3, 0.4) is 0 Å². The van der Waals surface area contributed by atoms with Gasteiger partial charge < -0.3 is 4.84 Å². The topological polar surface area (TPSA) is 34.5 Å². The van der Waals surface area contributed by atoms with Gasteiger partial charge in [0.15, 0.2) is 0 Å². The highest BCUT2D eigenvalue weighted by atomic mass is 32.2. The second-order valence-corrected chi connectivity index (χ2v) is 5.95. The Morgan fingerprint density at radius 1 is 1.61 bits per heavy atom. The predicted octanol–water partition coefficient (Wildman–Crippen LogP) is 4.16. The van der Waals surface area contributed by atoms with E-state index in [2.05, 4.69) is 10.1 Å². The van der Waals surface area contributed by atoms with E-state index < -0.39 is 6.08 Å². The molecule has 7 heteroatoms. The van der Waals surface area contributed by atoms with Crippen LogP contribution in [0.15, 0.2) is 27.8 Å². The third kappa shape index (κ3) is 6.70. The summed E-state index contributed by atoms with van der Waals surface area (Å²) in [6.45, 7) is 3.78. The van der Waals surface area contributed by atoms with Gasteiger partial charge in [-0.3, -0.25) is 0 Å². The third-order valence-corrected chi connectivity index (χ3v) is 3.72. The van der Waals surface area contributed by atoms with Gasteiger partial charge in [-0.05, 0) is 26.3 Å². The Morgan fingerprint density at radius 2 is 2.39 bits per heavy atom. The zero-order valence-electron chi connectivity index (χ0n) is 10.1. The second-order valence-electron chi connectivity index (χ2n) is 3.55. The number of aromatic nitrogens is 1. The van der Waals surface area contributed by atoms with Crippen molar-refractivity contribution in [3.63, 3.8) is 0 Å². The summed E-state index contributed by atoms with van der Waals surface area (Å²) in [6.07, 6.45) is 2.96. The molecule has 1 rings (SSSR count). The lowest BCUT2D eigenvalue weighted by molar-refractivity contribution is 0.0874. The monoisotopic (exact) mass is 292 g/mol. The summed E-state index contributed by atoms with van der Waals surface area (Å²) in [4.78, 5) is 10.1. The summed E-state index contributed by atoms with van der Waals surface area (Å²) in [5, 5.41) is 3.80. The lowest BCUT2D eigenvalue weighted by atomic mass is 10.5. The second kappa shape index (κ2) is 8.20. The van der Waals surface area contributed by atoms with Gasteiger partial charge in [0.1, 0.15) is 10.4 Å². The van der Waals surface area contributed by atoms with Crippen LogP contribution in [0.25, 0.3) is 0 Å². The minimum atomic E-state index is -1.63.